The average molecular weight is 535 g/mol. The summed E-state index contributed by atoms with van der Waals surface area (Å²) in [5.41, 5.74) is 4.41. The minimum atomic E-state index is -0.679. The number of hydrogen-bond acceptors (Lipinski definition) is 5. The van der Waals surface area contributed by atoms with Crippen LogP contribution in [0.4, 0.5) is 0 Å². The normalized spacial score (nSPS) is 24.8. The van der Waals surface area contributed by atoms with Gasteiger partial charge in [-0.15, -0.1) is 0 Å². The Morgan fingerprint density at radius 2 is 1.55 bits per heavy atom. The molecule has 8 rings (SSSR count). The Bertz CT molecular complexity index is 1600. The second-order valence-electron chi connectivity index (χ2n) is 12.1. The average Bonchev–Trinajstić information content (AvgIpc) is 2.95. The third-order valence-corrected chi connectivity index (χ3v) is 9.39. The Kier molecular flexibility index (Phi) is 6.25. The molecule has 0 spiro atoms. The van der Waals surface area contributed by atoms with Crippen molar-refractivity contribution in [1.29, 1.82) is 0 Å². The molecule has 3 aromatic carbocycles. The lowest BCUT2D eigenvalue weighted by molar-refractivity contribution is -0.00645. The summed E-state index contributed by atoms with van der Waals surface area (Å²) in [5, 5.41) is 0.690. The first kappa shape index (κ1) is 25.1. The number of rotatable bonds is 7. The Balaban J connectivity index is 1.28. The van der Waals surface area contributed by atoms with Crippen LogP contribution < -0.4 is 10.4 Å². The van der Waals surface area contributed by atoms with Gasteiger partial charge in [-0.2, -0.15) is 0 Å². The number of carbonyl (C=O) groups is 1. The summed E-state index contributed by atoms with van der Waals surface area (Å²) in [6.45, 7) is 2.46. The maximum absolute atomic E-state index is 12.6. The molecule has 4 saturated carbocycles. The SMILES string of the molecule is CCOC(=O)c1cc2ccc(-c3ccc(OCc4ccccc4)c(C45CC6CC(CC(C6)C4)C5)c3)cc2oc1=O. The molecule has 4 fully saturated rings. The zero-order valence-electron chi connectivity index (χ0n) is 22.9. The molecule has 4 aromatic rings. The quantitative estimate of drug-likeness (QED) is 0.180. The summed E-state index contributed by atoms with van der Waals surface area (Å²) >= 11 is 0. The fourth-order valence-corrected chi connectivity index (χ4v) is 8.07. The molecule has 4 aliphatic rings. The zero-order valence-corrected chi connectivity index (χ0v) is 22.9. The molecule has 0 radical (unpaired) electrons. The van der Waals surface area contributed by atoms with E-state index in [2.05, 4.69) is 42.5 Å². The van der Waals surface area contributed by atoms with E-state index < -0.39 is 11.6 Å². The van der Waals surface area contributed by atoms with Crippen LogP contribution in [0.1, 0.15) is 66.9 Å². The molecule has 4 bridgehead atoms. The molecule has 204 valence electrons. The predicted octanol–water partition coefficient (Wildman–Crippen LogP) is 7.68. The van der Waals surface area contributed by atoms with Gasteiger partial charge in [0, 0.05) is 10.9 Å². The number of fused-ring (bicyclic) bond motifs is 1. The Labute approximate surface area is 234 Å². The first-order valence-electron chi connectivity index (χ1n) is 14.6. The first-order chi connectivity index (χ1) is 19.5. The van der Waals surface area contributed by atoms with Crippen LogP contribution in [0.2, 0.25) is 0 Å². The van der Waals surface area contributed by atoms with Crippen LogP contribution in [0.5, 0.6) is 5.75 Å². The minimum Gasteiger partial charge on any atom is -0.489 e. The van der Waals surface area contributed by atoms with Crippen LogP contribution in [-0.2, 0) is 16.8 Å². The maximum atomic E-state index is 12.6. The molecule has 5 nitrogen and oxygen atoms in total. The van der Waals surface area contributed by atoms with Gasteiger partial charge in [-0.3, -0.25) is 0 Å². The van der Waals surface area contributed by atoms with Crippen molar-refractivity contribution in [3.8, 4) is 16.9 Å². The van der Waals surface area contributed by atoms with E-state index in [1.165, 1.54) is 44.1 Å². The second kappa shape index (κ2) is 9.96. The van der Waals surface area contributed by atoms with Crippen molar-refractivity contribution in [3.63, 3.8) is 0 Å². The lowest BCUT2D eigenvalue weighted by Gasteiger charge is -2.57. The molecule has 0 unspecified atom stereocenters. The van der Waals surface area contributed by atoms with Crippen LogP contribution in [0.3, 0.4) is 0 Å². The third-order valence-electron chi connectivity index (χ3n) is 9.39. The van der Waals surface area contributed by atoms with Crippen molar-refractivity contribution in [2.24, 2.45) is 17.8 Å². The molecule has 1 heterocycles. The van der Waals surface area contributed by atoms with E-state index in [1.807, 2.05) is 24.3 Å². The van der Waals surface area contributed by atoms with E-state index in [0.717, 1.165) is 40.2 Å². The molecule has 0 amide bonds. The summed E-state index contributed by atoms with van der Waals surface area (Å²) in [6.07, 6.45) is 7.89. The molecule has 0 N–H and O–H groups in total. The van der Waals surface area contributed by atoms with Crippen molar-refractivity contribution in [3.05, 3.63) is 99.9 Å². The molecule has 0 saturated heterocycles. The monoisotopic (exact) mass is 534 g/mol. The molecular weight excluding hydrogens is 500 g/mol. The number of ether oxygens (including phenoxy) is 2. The van der Waals surface area contributed by atoms with Crippen molar-refractivity contribution < 1.29 is 18.7 Å². The summed E-state index contributed by atoms with van der Waals surface area (Å²) in [5.74, 6) is 2.79. The predicted molar refractivity (Wildman–Crippen MR) is 155 cm³/mol. The van der Waals surface area contributed by atoms with E-state index in [-0.39, 0.29) is 17.6 Å². The van der Waals surface area contributed by atoms with Gasteiger partial charge >= 0.3 is 11.6 Å². The molecule has 4 aliphatic carbocycles. The van der Waals surface area contributed by atoms with Gasteiger partial charge in [-0.25, -0.2) is 9.59 Å². The Morgan fingerprint density at radius 1 is 0.875 bits per heavy atom. The van der Waals surface area contributed by atoms with Crippen LogP contribution in [0, 0.1) is 17.8 Å². The lowest BCUT2D eigenvalue weighted by atomic mass is 9.48. The summed E-state index contributed by atoms with van der Waals surface area (Å²) < 4.78 is 17.1. The second-order valence-corrected chi connectivity index (χ2v) is 12.1. The van der Waals surface area contributed by atoms with Gasteiger partial charge in [-0.1, -0.05) is 48.5 Å². The fraction of sp³-hybridized carbons (Fsp3) is 0.371. The molecule has 5 heteroatoms. The molecule has 40 heavy (non-hydrogen) atoms. The van der Waals surface area contributed by atoms with Gasteiger partial charge in [0.2, 0.25) is 0 Å². The molecule has 0 aliphatic heterocycles. The molecule has 1 aromatic heterocycles. The highest BCUT2D eigenvalue weighted by molar-refractivity contribution is 5.93. The minimum absolute atomic E-state index is 0.0777. The van der Waals surface area contributed by atoms with Gasteiger partial charge in [0.25, 0.3) is 0 Å². The Hall–Kier alpha value is -3.86. The van der Waals surface area contributed by atoms with Crippen molar-refractivity contribution in [2.75, 3.05) is 6.61 Å². The highest BCUT2D eigenvalue weighted by Crippen LogP contribution is 2.62. The molecule has 0 atom stereocenters. The first-order valence-corrected chi connectivity index (χ1v) is 14.6. The lowest BCUT2D eigenvalue weighted by Crippen LogP contribution is -2.48. The highest BCUT2D eigenvalue weighted by Gasteiger charge is 2.52. The van der Waals surface area contributed by atoms with Crippen molar-refractivity contribution in [2.45, 2.75) is 57.5 Å². The van der Waals surface area contributed by atoms with Crippen molar-refractivity contribution in [1.82, 2.24) is 0 Å². The molecular formula is C35H34O5. The van der Waals surface area contributed by atoms with Gasteiger partial charge in [0.1, 0.15) is 23.5 Å². The number of benzene rings is 3. The Morgan fingerprint density at radius 3 is 2.25 bits per heavy atom. The van der Waals surface area contributed by atoms with Gasteiger partial charge in [-0.05, 0) is 110 Å². The van der Waals surface area contributed by atoms with Crippen LogP contribution in [-0.4, -0.2) is 12.6 Å². The fourth-order valence-electron chi connectivity index (χ4n) is 8.07. The number of esters is 1. The van der Waals surface area contributed by atoms with Gasteiger partial charge < -0.3 is 13.9 Å². The van der Waals surface area contributed by atoms with Crippen LogP contribution >= 0.6 is 0 Å². The number of carbonyl (C=O) groups excluding carboxylic acids is 1. The van der Waals surface area contributed by atoms with E-state index in [4.69, 9.17) is 13.9 Å². The topological polar surface area (TPSA) is 65.7 Å². The highest BCUT2D eigenvalue weighted by atomic mass is 16.5. The van der Waals surface area contributed by atoms with Crippen molar-refractivity contribution >= 4 is 16.9 Å². The smallest absolute Gasteiger partial charge is 0.351 e. The van der Waals surface area contributed by atoms with Gasteiger partial charge in [0.15, 0.2) is 0 Å². The van der Waals surface area contributed by atoms with E-state index in [1.54, 1.807) is 13.0 Å². The zero-order chi connectivity index (χ0) is 27.3. The van der Waals surface area contributed by atoms with Crippen LogP contribution in [0.25, 0.3) is 22.1 Å². The van der Waals surface area contributed by atoms with E-state index >= 15 is 0 Å². The third kappa shape index (κ3) is 4.51. The van der Waals surface area contributed by atoms with E-state index in [9.17, 15) is 9.59 Å². The number of hydrogen-bond donors (Lipinski definition) is 0. The van der Waals surface area contributed by atoms with Gasteiger partial charge in [0.05, 0.1) is 6.61 Å². The largest absolute Gasteiger partial charge is 0.489 e. The van der Waals surface area contributed by atoms with E-state index in [0.29, 0.717) is 17.6 Å². The van der Waals surface area contributed by atoms with Crippen LogP contribution in [0.15, 0.2) is 82.0 Å². The standard InChI is InChI=1S/C35H34O5/c1-2-38-33(36)29-15-28-9-8-27(17-32(28)40-34(29)37)26-10-11-31(39-21-22-6-4-3-5-7-22)30(16-26)35-18-23-12-24(19-35)14-25(13-23)20-35/h3-11,15-17,23-25H,2,12-14,18-21H2,1H3. The maximum Gasteiger partial charge on any atom is 0.351 e. The summed E-state index contributed by atoms with van der Waals surface area (Å²) in [6, 6.07) is 24.3. The summed E-state index contributed by atoms with van der Waals surface area (Å²) in [4.78, 5) is 24.7. The summed E-state index contributed by atoms with van der Waals surface area (Å²) in [7, 11) is 0.